The number of nitrogens with zero attached hydrogens (tertiary/aromatic N) is 2. The highest BCUT2D eigenvalue weighted by Gasteiger charge is 2.08. The van der Waals surface area contributed by atoms with Gasteiger partial charge in [0, 0.05) is 17.8 Å². The molecule has 0 radical (unpaired) electrons. The maximum Gasteiger partial charge on any atom is 0.229 e. The van der Waals surface area contributed by atoms with Gasteiger partial charge < -0.3 is 10.6 Å². The number of hydrogen-bond acceptors (Lipinski definition) is 4. The lowest BCUT2D eigenvalue weighted by Crippen LogP contribution is -2.04. The first kappa shape index (κ1) is 15.8. The molecule has 7 heteroatoms. The fourth-order valence-electron chi connectivity index (χ4n) is 2.10. The van der Waals surface area contributed by atoms with Gasteiger partial charge in [-0.15, -0.1) is 0 Å². The molecule has 0 aliphatic heterocycles. The van der Waals surface area contributed by atoms with E-state index in [4.69, 9.17) is 0 Å². The first-order valence-corrected chi connectivity index (χ1v) is 7.10. The molecule has 0 amide bonds. The van der Waals surface area contributed by atoms with Crippen molar-refractivity contribution in [3.63, 3.8) is 0 Å². The topological polar surface area (TPSA) is 49.8 Å². The minimum Gasteiger partial charge on any atom is -0.338 e. The number of nitrogens with one attached hydrogen (secondary N) is 2. The average molecular weight is 330 g/mol. The van der Waals surface area contributed by atoms with Crippen molar-refractivity contribution in [3.05, 3.63) is 71.7 Å². The predicted octanol–water partition coefficient (Wildman–Crippen LogP) is 4.69. The number of anilines is 4. The lowest BCUT2D eigenvalue weighted by Gasteiger charge is -2.11. The molecule has 122 valence electrons. The van der Waals surface area contributed by atoms with Gasteiger partial charge in [-0.2, -0.15) is 4.98 Å². The van der Waals surface area contributed by atoms with Crippen LogP contribution >= 0.6 is 0 Å². The Balaban J connectivity index is 1.87. The van der Waals surface area contributed by atoms with Crippen LogP contribution in [0, 0.1) is 24.4 Å². The lowest BCUT2D eigenvalue weighted by atomic mass is 10.3. The normalized spacial score (nSPS) is 10.5. The summed E-state index contributed by atoms with van der Waals surface area (Å²) < 4.78 is 40.4. The van der Waals surface area contributed by atoms with Gasteiger partial charge >= 0.3 is 0 Å². The Morgan fingerprint density at radius 3 is 2.29 bits per heavy atom. The molecule has 0 aliphatic rings. The first-order valence-electron chi connectivity index (χ1n) is 7.10. The minimum atomic E-state index is -0.741. The maximum atomic E-state index is 13.7. The van der Waals surface area contributed by atoms with E-state index >= 15 is 0 Å². The number of hydrogen-bond donors (Lipinski definition) is 2. The molecular weight excluding hydrogens is 317 g/mol. The molecule has 3 aromatic rings. The molecule has 2 aromatic carbocycles. The van der Waals surface area contributed by atoms with Gasteiger partial charge in [0.1, 0.15) is 23.3 Å². The van der Waals surface area contributed by atoms with Crippen LogP contribution in [-0.2, 0) is 0 Å². The zero-order chi connectivity index (χ0) is 17.1. The summed E-state index contributed by atoms with van der Waals surface area (Å²) in [7, 11) is 0. The van der Waals surface area contributed by atoms with E-state index in [1.54, 1.807) is 31.2 Å². The van der Waals surface area contributed by atoms with Crippen molar-refractivity contribution in [3.8, 4) is 0 Å². The molecule has 0 saturated carbocycles. The smallest absolute Gasteiger partial charge is 0.229 e. The van der Waals surface area contributed by atoms with E-state index in [1.807, 2.05) is 0 Å². The van der Waals surface area contributed by atoms with Gasteiger partial charge in [-0.1, -0.05) is 12.1 Å². The Morgan fingerprint density at radius 2 is 1.54 bits per heavy atom. The number of para-hydroxylation sites is 1. The Labute approximate surface area is 136 Å². The molecule has 0 aliphatic carbocycles. The molecule has 0 unspecified atom stereocenters. The van der Waals surface area contributed by atoms with Crippen molar-refractivity contribution in [1.82, 2.24) is 9.97 Å². The summed E-state index contributed by atoms with van der Waals surface area (Å²) in [6, 6.07) is 10.9. The van der Waals surface area contributed by atoms with Crippen molar-refractivity contribution >= 4 is 23.1 Å². The van der Waals surface area contributed by atoms with Crippen LogP contribution in [0.25, 0.3) is 0 Å². The second kappa shape index (κ2) is 6.57. The molecule has 4 nitrogen and oxygen atoms in total. The Kier molecular flexibility index (Phi) is 4.33. The Bertz CT molecular complexity index is 883. The monoisotopic (exact) mass is 330 g/mol. The van der Waals surface area contributed by atoms with Crippen molar-refractivity contribution in [1.29, 1.82) is 0 Å². The number of rotatable bonds is 4. The number of benzene rings is 2. The molecule has 0 saturated heterocycles. The molecule has 24 heavy (non-hydrogen) atoms. The Morgan fingerprint density at radius 1 is 0.792 bits per heavy atom. The molecular formula is C17H13F3N4. The minimum absolute atomic E-state index is 0.0753. The molecule has 0 atom stereocenters. The quantitative estimate of drug-likeness (QED) is 0.729. The summed E-state index contributed by atoms with van der Waals surface area (Å²) in [4.78, 5) is 8.33. The van der Waals surface area contributed by atoms with Crippen LogP contribution in [0.15, 0.2) is 48.5 Å². The number of aromatic nitrogens is 2. The molecule has 2 N–H and O–H groups in total. The summed E-state index contributed by atoms with van der Waals surface area (Å²) in [5.41, 5.74) is 0.891. The van der Waals surface area contributed by atoms with Crippen LogP contribution in [0.4, 0.5) is 36.3 Å². The van der Waals surface area contributed by atoms with Gasteiger partial charge in [0.15, 0.2) is 0 Å². The van der Waals surface area contributed by atoms with E-state index in [-0.39, 0.29) is 17.3 Å². The van der Waals surface area contributed by atoms with Gasteiger partial charge in [0.2, 0.25) is 5.95 Å². The zero-order valence-corrected chi connectivity index (χ0v) is 12.6. The number of halogens is 3. The molecule has 0 spiro atoms. The SMILES string of the molecule is Cc1cc(Nc2ccc(F)cc2F)nc(Nc2ccccc2F)n1. The molecule has 0 fully saturated rings. The van der Waals surface area contributed by atoms with Gasteiger partial charge in [0.05, 0.1) is 11.4 Å². The van der Waals surface area contributed by atoms with Crippen molar-refractivity contribution in [2.45, 2.75) is 6.92 Å². The highest BCUT2D eigenvalue weighted by Crippen LogP contribution is 2.22. The number of aryl methyl sites for hydroxylation is 1. The van der Waals surface area contributed by atoms with E-state index in [0.29, 0.717) is 11.5 Å². The average Bonchev–Trinajstić information content (AvgIpc) is 2.52. The highest BCUT2D eigenvalue weighted by atomic mass is 19.1. The van der Waals surface area contributed by atoms with Crippen LogP contribution < -0.4 is 10.6 Å². The van der Waals surface area contributed by atoms with Gasteiger partial charge in [0.25, 0.3) is 0 Å². The van der Waals surface area contributed by atoms with Crippen LogP contribution in [0.3, 0.4) is 0 Å². The van der Waals surface area contributed by atoms with E-state index in [0.717, 1.165) is 12.1 Å². The molecule has 0 bridgehead atoms. The van der Waals surface area contributed by atoms with Crippen molar-refractivity contribution < 1.29 is 13.2 Å². The van der Waals surface area contributed by atoms with E-state index in [2.05, 4.69) is 20.6 Å². The molecule has 3 rings (SSSR count). The summed E-state index contributed by atoms with van der Waals surface area (Å²) in [6.45, 7) is 1.72. The fourth-order valence-corrected chi connectivity index (χ4v) is 2.10. The van der Waals surface area contributed by atoms with Crippen LogP contribution in [0.5, 0.6) is 0 Å². The summed E-state index contributed by atoms with van der Waals surface area (Å²) in [6.07, 6.45) is 0. The standard InChI is InChI=1S/C17H13F3N4/c1-10-8-16(22-15-7-6-11(18)9-13(15)20)24-17(21-10)23-14-5-3-2-4-12(14)19/h2-9H,1H3,(H2,21,22,23,24). The van der Waals surface area contributed by atoms with Crippen LogP contribution in [0.2, 0.25) is 0 Å². The van der Waals surface area contributed by atoms with E-state index < -0.39 is 17.5 Å². The summed E-state index contributed by atoms with van der Waals surface area (Å²) in [5, 5.41) is 5.53. The van der Waals surface area contributed by atoms with Crippen molar-refractivity contribution in [2.24, 2.45) is 0 Å². The van der Waals surface area contributed by atoms with E-state index in [9.17, 15) is 13.2 Å². The third kappa shape index (κ3) is 3.62. The predicted molar refractivity (Wildman–Crippen MR) is 86.1 cm³/mol. The maximum absolute atomic E-state index is 13.7. The zero-order valence-electron chi connectivity index (χ0n) is 12.6. The van der Waals surface area contributed by atoms with Crippen LogP contribution in [-0.4, -0.2) is 9.97 Å². The summed E-state index contributed by atoms with van der Waals surface area (Å²) >= 11 is 0. The van der Waals surface area contributed by atoms with Crippen molar-refractivity contribution in [2.75, 3.05) is 10.6 Å². The molecule has 1 heterocycles. The lowest BCUT2D eigenvalue weighted by molar-refractivity contribution is 0.586. The highest BCUT2D eigenvalue weighted by molar-refractivity contribution is 5.60. The van der Waals surface area contributed by atoms with E-state index in [1.165, 1.54) is 12.1 Å². The third-order valence-corrected chi connectivity index (χ3v) is 3.17. The fraction of sp³-hybridized carbons (Fsp3) is 0.0588. The first-order chi connectivity index (χ1) is 11.5. The Hall–Kier alpha value is -3.09. The second-order valence-electron chi connectivity index (χ2n) is 5.07. The third-order valence-electron chi connectivity index (χ3n) is 3.17. The van der Waals surface area contributed by atoms with Crippen LogP contribution in [0.1, 0.15) is 5.69 Å². The second-order valence-corrected chi connectivity index (χ2v) is 5.07. The largest absolute Gasteiger partial charge is 0.338 e. The molecule has 1 aromatic heterocycles. The van der Waals surface area contributed by atoms with Gasteiger partial charge in [-0.25, -0.2) is 18.2 Å². The van der Waals surface area contributed by atoms with Gasteiger partial charge in [-0.3, -0.25) is 0 Å². The summed E-state index contributed by atoms with van der Waals surface area (Å²) in [5.74, 6) is -1.40. The van der Waals surface area contributed by atoms with Gasteiger partial charge in [-0.05, 0) is 31.2 Å².